The zero-order valence-corrected chi connectivity index (χ0v) is 18.3. The van der Waals surface area contributed by atoms with Crippen molar-refractivity contribution >= 4 is 29.2 Å². The van der Waals surface area contributed by atoms with E-state index in [2.05, 4.69) is 6.58 Å². The zero-order valence-electron chi connectivity index (χ0n) is 17.5. The minimum atomic E-state index is -1.13. The van der Waals surface area contributed by atoms with Crippen LogP contribution < -0.4 is 0 Å². The predicted molar refractivity (Wildman–Crippen MR) is 117 cm³/mol. The highest BCUT2D eigenvalue weighted by Crippen LogP contribution is 2.37. The summed E-state index contributed by atoms with van der Waals surface area (Å²) in [6.45, 7) is 8.14. The number of benzene rings is 2. The minimum Gasteiger partial charge on any atom is -0.481 e. The number of halogens is 2. The maximum Gasteiger partial charge on any atom is 0.308 e. The molecule has 0 spiro atoms. The molecule has 1 amide bonds. The van der Waals surface area contributed by atoms with Crippen molar-refractivity contribution in [3.63, 3.8) is 0 Å². The van der Waals surface area contributed by atoms with Crippen molar-refractivity contribution in [2.45, 2.75) is 42.4 Å². The predicted octanol–water partition coefficient (Wildman–Crippen LogP) is 5.58. The van der Waals surface area contributed by atoms with Crippen LogP contribution in [0.25, 0.3) is 5.57 Å². The summed E-state index contributed by atoms with van der Waals surface area (Å²) in [4.78, 5) is 26.3. The SMILES string of the molecule is C=C(C(=O)N1CCCC(C(=O)O)C1)c1ccc(Sc2ccccc2C(C)C)c(F)c1F. The maximum atomic E-state index is 14.9. The summed E-state index contributed by atoms with van der Waals surface area (Å²) in [5.74, 6) is -4.13. The lowest BCUT2D eigenvalue weighted by molar-refractivity contribution is -0.144. The summed E-state index contributed by atoms with van der Waals surface area (Å²) in [7, 11) is 0. The molecular weight excluding hydrogens is 420 g/mol. The number of hydrogen-bond acceptors (Lipinski definition) is 3. The number of nitrogens with zero attached hydrogens (tertiary/aromatic N) is 1. The molecule has 1 atom stereocenters. The fourth-order valence-corrected chi connectivity index (χ4v) is 4.80. The maximum absolute atomic E-state index is 14.9. The van der Waals surface area contributed by atoms with Crippen LogP contribution in [-0.4, -0.2) is 35.0 Å². The first-order chi connectivity index (χ1) is 14.7. The average Bonchev–Trinajstić information content (AvgIpc) is 2.76. The van der Waals surface area contributed by atoms with Gasteiger partial charge in [0.25, 0.3) is 5.91 Å². The molecule has 1 aliphatic heterocycles. The Morgan fingerprint density at radius 3 is 2.52 bits per heavy atom. The van der Waals surface area contributed by atoms with E-state index in [4.69, 9.17) is 0 Å². The Balaban J connectivity index is 1.83. The molecule has 7 heteroatoms. The number of aliphatic carboxylic acids is 1. The van der Waals surface area contributed by atoms with Gasteiger partial charge in [0.2, 0.25) is 0 Å². The Bertz CT molecular complexity index is 1020. The second-order valence-electron chi connectivity index (χ2n) is 7.94. The molecule has 4 nitrogen and oxygen atoms in total. The molecule has 1 saturated heterocycles. The fraction of sp³-hybridized carbons (Fsp3) is 0.333. The van der Waals surface area contributed by atoms with E-state index in [1.165, 1.54) is 17.0 Å². The van der Waals surface area contributed by atoms with Gasteiger partial charge in [-0.1, -0.05) is 50.4 Å². The van der Waals surface area contributed by atoms with Gasteiger partial charge in [-0.15, -0.1) is 0 Å². The largest absolute Gasteiger partial charge is 0.481 e. The van der Waals surface area contributed by atoms with Crippen molar-refractivity contribution in [3.8, 4) is 0 Å². The summed E-state index contributed by atoms with van der Waals surface area (Å²) < 4.78 is 29.8. The van der Waals surface area contributed by atoms with E-state index in [1.54, 1.807) is 0 Å². The van der Waals surface area contributed by atoms with Crippen LogP contribution >= 0.6 is 11.8 Å². The van der Waals surface area contributed by atoms with Gasteiger partial charge >= 0.3 is 5.97 Å². The van der Waals surface area contributed by atoms with Crippen LogP contribution in [0.2, 0.25) is 0 Å². The van der Waals surface area contributed by atoms with Crippen LogP contribution in [0.1, 0.15) is 43.7 Å². The Hall–Kier alpha value is -2.67. The average molecular weight is 446 g/mol. The molecule has 0 aliphatic carbocycles. The van der Waals surface area contributed by atoms with E-state index >= 15 is 0 Å². The van der Waals surface area contributed by atoms with Crippen molar-refractivity contribution in [1.29, 1.82) is 0 Å². The van der Waals surface area contributed by atoms with E-state index in [1.807, 2.05) is 38.1 Å². The van der Waals surface area contributed by atoms with Gasteiger partial charge in [-0.2, -0.15) is 0 Å². The lowest BCUT2D eigenvalue weighted by atomic mass is 9.96. The van der Waals surface area contributed by atoms with Crippen molar-refractivity contribution < 1.29 is 23.5 Å². The number of carbonyl (C=O) groups is 2. The first kappa shape index (κ1) is 23.0. The zero-order chi connectivity index (χ0) is 22.7. The Labute approximate surface area is 185 Å². The first-order valence-electron chi connectivity index (χ1n) is 10.2. The van der Waals surface area contributed by atoms with Gasteiger partial charge in [0.15, 0.2) is 11.6 Å². The molecule has 164 valence electrons. The number of likely N-dealkylation sites (tertiary alicyclic amines) is 1. The third kappa shape index (κ3) is 4.98. The summed E-state index contributed by atoms with van der Waals surface area (Å²) >= 11 is 1.14. The molecule has 3 rings (SSSR count). The van der Waals surface area contributed by atoms with E-state index in [9.17, 15) is 23.5 Å². The van der Waals surface area contributed by atoms with Crippen LogP contribution in [0.4, 0.5) is 8.78 Å². The van der Waals surface area contributed by atoms with Crippen LogP contribution in [-0.2, 0) is 9.59 Å². The third-order valence-corrected chi connectivity index (χ3v) is 6.58. The van der Waals surface area contributed by atoms with Crippen molar-refractivity contribution in [2.75, 3.05) is 13.1 Å². The second kappa shape index (κ2) is 9.64. The van der Waals surface area contributed by atoms with Gasteiger partial charge in [-0.05, 0) is 42.5 Å². The molecule has 0 bridgehead atoms. The summed E-state index contributed by atoms with van der Waals surface area (Å²) in [5.41, 5.74) is 0.650. The molecule has 1 N–H and O–H groups in total. The van der Waals surface area contributed by atoms with Crippen LogP contribution in [0, 0.1) is 17.6 Å². The normalized spacial score (nSPS) is 16.4. The molecule has 0 radical (unpaired) electrons. The highest BCUT2D eigenvalue weighted by atomic mass is 32.2. The summed E-state index contributed by atoms with van der Waals surface area (Å²) in [6, 6.07) is 10.4. The molecule has 1 heterocycles. The van der Waals surface area contributed by atoms with Crippen molar-refractivity contribution in [1.82, 2.24) is 4.90 Å². The lowest BCUT2D eigenvalue weighted by Gasteiger charge is -2.31. The van der Waals surface area contributed by atoms with Gasteiger partial charge < -0.3 is 10.0 Å². The first-order valence-corrected chi connectivity index (χ1v) is 11.0. The number of carboxylic acids is 1. The van der Waals surface area contributed by atoms with Crippen LogP contribution in [0.3, 0.4) is 0 Å². The summed E-state index contributed by atoms with van der Waals surface area (Å²) in [5, 5.41) is 9.21. The van der Waals surface area contributed by atoms with Gasteiger partial charge in [0.05, 0.1) is 10.8 Å². The van der Waals surface area contributed by atoms with E-state index in [-0.39, 0.29) is 28.5 Å². The molecule has 1 aliphatic rings. The van der Waals surface area contributed by atoms with Crippen molar-refractivity contribution in [3.05, 3.63) is 65.7 Å². The quantitative estimate of drug-likeness (QED) is 0.590. The number of amides is 1. The number of hydrogen-bond donors (Lipinski definition) is 1. The molecular formula is C24H25F2NO3S. The van der Waals surface area contributed by atoms with E-state index in [0.717, 1.165) is 22.2 Å². The van der Waals surface area contributed by atoms with Gasteiger partial charge in [-0.25, -0.2) is 8.78 Å². The molecule has 1 unspecified atom stereocenters. The Morgan fingerprint density at radius 1 is 1.13 bits per heavy atom. The number of carboxylic acid groups (broad SMARTS) is 1. The Kier molecular flexibility index (Phi) is 7.15. The van der Waals surface area contributed by atoms with Crippen molar-refractivity contribution in [2.24, 2.45) is 5.92 Å². The molecule has 0 saturated carbocycles. The number of piperidine rings is 1. The smallest absolute Gasteiger partial charge is 0.308 e. The topological polar surface area (TPSA) is 57.6 Å². The lowest BCUT2D eigenvalue weighted by Crippen LogP contribution is -2.42. The van der Waals surface area contributed by atoms with Crippen LogP contribution in [0.15, 0.2) is 52.8 Å². The van der Waals surface area contributed by atoms with Crippen LogP contribution in [0.5, 0.6) is 0 Å². The highest BCUT2D eigenvalue weighted by Gasteiger charge is 2.30. The van der Waals surface area contributed by atoms with E-state index in [0.29, 0.717) is 19.4 Å². The standard InChI is InChI=1S/C24H25F2NO3S/c1-14(2)17-8-4-5-9-19(17)31-20-11-10-18(21(25)22(20)26)15(3)23(28)27-12-6-7-16(13-27)24(29)30/h4-5,8-11,14,16H,3,6-7,12-13H2,1-2H3,(H,29,30). The molecule has 0 aromatic heterocycles. The fourth-order valence-electron chi connectivity index (χ4n) is 3.68. The minimum absolute atomic E-state index is 0.0389. The second-order valence-corrected chi connectivity index (χ2v) is 9.02. The molecule has 2 aromatic carbocycles. The molecule has 31 heavy (non-hydrogen) atoms. The van der Waals surface area contributed by atoms with Gasteiger partial charge in [-0.3, -0.25) is 9.59 Å². The van der Waals surface area contributed by atoms with Gasteiger partial charge in [0, 0.05) is 29.1 Å². The Morgan fingerprint density at radius 2 is 1.84 bits per heavy atom. The third-order valence-electron chi connectivity index (χ3n) is 5.45. The number of rotatable bonds is 6. The number of carbonyl (C=O) groups excluding carboxylic acids is 1. The molecule has 1 fully saturated rings. The molecule has 2 aromatic rings. The van der Waals surface area contributed by atoms with E-state index < -0.39 is 29.4 Å². The van der Waals surface area contributed by atoms with Gasteiger partial charge in [0.1, 0.15) is 0 Å². The highest BCUT2D eigenvalue weighted by molar-refractivity contribution is 7.99. The monoisotopic (exact) mass is 445 g/mol. The summed E-state index contributed by atoms with van der Waals surface area (Å²) in [6.07, 6.45) is 1.02.